The topological polar surface area (TPSA) is 56.0 Å². The van der Waals surface area contributed by atoms with Crippen LogP contribution in [0.1, 0.15) is 88.3 Å². The summed E-state index contributed by atoms with van der Waals surface area (Å²) in [5, 5.41) is 4.17. The molecule has 4 nitrogen and oxygen atoms in total. The van der Waals surface area contributed by atoms with Crippen molar-refractivity contribution in [1.29, 1.82) is 0 Å². The van der Waals surface area contributed by atoms with Crippen molar-refractivity contribution < 1.29 is 9.32 Å². The first-order chi connectivity index (χ1) is 9.74. The number of carbonyl (C=O) groups is 1. The summed E-state index contributed by atoms with van der Waals surface area (Å²) in [6.07, 6.45) is 9.59. The van der Waals surface area contributed by atoms with Crippen molar-refractivity contribution in [2.24, 2.45) is 5.92 Å². The second-order valence-corrected chi connectivity index (χ2v) is 6.57. The number of Topliss-reactive ketones (excluding diaryl/α,β-unsaturated/α-hetero) is 1. The number of ketones is 1. The van der Waals surface area contributed by atoms with Gasteiger partial charge in [-0.15, -0.1) is 0 Å². The summed E-state index contributed by atoms with van der Waals surface area (Å²) in [4.78, 5) is 16.7. The molecule has 20 heavy (non-hydrogen) atoms. The van der Waals surface area contributed by atoms with E-state index in [0.717, 1.165) is 50.3 Å². The Labute approximate surface area is 120 Å². The van der Waals surface area contributed by atoms with Crippen LogP contribution in [0.25, 0.3) is 0 Å². The molecule has 2 saturated carbocycles. The summed E-state index contributed by atoms with van der Waals surface area (Å²) < 4.78 is 5.43. The van der Waals surface area contributed by atoms with Crippen molar-refractivity contribution in [1.82, 2.24) is 10.1 Å². The molecule has 1 aromatic rings. The summed E-state index contributed by atoms with van der Waals surface area (Å²) in [5.41, 5.74) is 0. The minimum atomic E-state index is -0.138. The maximum Gasteiger partial charge on any atom is 0.237 e. The lowest BCUT2D eigenvalue weighted by Crippen LogP contribution is -2.13. The van der Waals surface area contributed by atoms with Gasteiger partial charge in [0.15, 0.2) is 5.82 Å². The third kappa shape index (κ3) is 2.94. The number of aromatic nitrogens is 2. The molecule has 0 amide bonds. The van der Waals surface area contributed by atoms with Gasteiger partial charge in [0.1, 0.15) is 5.78 Å². The largest absolute Gasteiger partial charge is 0.339 e. The predicted octanol–water partition coefficient (Wildman–Crippen LogP) is 3.98. The van der Waals surface area contributed by atoms with E-state index in [0.29, 0.717) is 18.2 Å². The average Bonchev–Trinajstić information content (AvgIpc) is 2.83. The number of nitrogens with zero attached hydrogens (tertiary/aromatic N) is 2. The van der Waals surface area contributed by atoms with Gasteiger partial charge in [-0.25, -0.2) is 0 Å². The molecule has 2 fully saturated rings. The van der Waals surface area contributed by atoms with Gasteiger partial charge >= 0.3 is 0 Å². The highest BCUT2D eigenvalue weighted by molar-refractivity contribution is 5.84. The normalized spacial score (nSPS) is 32.0. The molecule has 3 rings (SSSR count). The molecule has 0 aliphatic heterocycles. The fourth-order valence-electron chi connectivity index (χ4n) is 3.49. The molecule has 4 heteroatoms. The standard InChI is InChI=1S/C16H24N2O2/c1-11-7-9-12(10-8-11)15-17-16(20-18-15)13-5-3-2-4-6-14(13)19/h11-13H,2-10H2,1H3. The van der Waals surface area contributed by atoms with Crippen LogP contribution < -0.4 is 0 Å². The zero-order valence-corrected chi connectivity index (χ0v) is 12.3. The molecular formula is C16H24N2O2. The number of hydrogen-bond acceptors (Lipinski definition) is 4. The molecule has 1 aromatic heterocycles. The van der Waals surface area contributed by atoms with Gasteiger partial charge in [-0.2, -0.15) is 4.98 Å². The molecule has 1 heterocycles. The molecule has 0 bridgehead atoms. The van der Waals surface area contributed by atoms with E-state index >= 15 is 0 Å². The van der Waals surface area contributed by atoms with Crippen LogP contribution in [0, 0.1) is 5.92 Å². The summed E-state index contributed by atoms with van der Waals surface area (Å²) in [7, 11) is 0. The van der Waals surface area contributed by atoms with E-state index in [2.05, 4.69) is 17.1 Å². The monoisotopic (exact) mass is 276 g/mol. The van der Waals surface area contributed by atoms with Crippen LogP contribution >= 0.6 is 0 Å². The summed E-state index contributed by atoms with van der Waals surface area (Å²) in [5.74, 6) is 2.82. The van der Waals surface area contributed by atoms with Gasteiger partial charge in [-0.3, -0.25) is 4.79 Å². The number of carbonyl (C=O) groups excluding carboxylic acids is 1. The molecule has 0 radical (unpaired) electrons. The Balaban J connectivity index is 1.71. The SMILES string of the molecule is CC1CCC(c2noc(C3CCCCCC3=O)n2)CC1. The van der Waals surface area contributed by atoms with E-state index in [1.54, 1.807) is 0 Å². The molecule has 1 atom stereocenters. The number of hydrogen-bond donors (Lipinski definition) is 0. The Hall–Kier alpha value is -1.19. The maximum atomic E-state index is 12.1. The molecule has 0 aromatic carbocycles. The van der Waals surface area contributed by atoms with Crippen LogP contribution in [0.2, 0.25) is 0 Å². The van der Waals surface area contributed by atoms with Gasteiger partial charge in [0.2, 0.25) is 5.89 Å². The summed E-state index contributed by atoms with van der Waals surface area (Å²) in [6, 6.07) is 0. The maximum absolute atomic E-state index is 12.1. The first kappa shape index (κ1) is 13.8. The zero-order chi connectivity index (χ0) is 13.9. The Morgan fingerprint density at radius 2 is 1.85 bits per heavy atom. The molecular weight excluding hydrogens is 252 g/mol. The van der Waals surface area contributed by atoms with E-state index in [9.17, 15) is 4.79 Å². The van der Waals surface area contributed by atoms with Crippen LogP contribution in [0.5, 0.6) is 0 Å². The Bertz CT molecular complexity index is 461. The molecule has 0 spiro atoms. The van der Waals surface area contributed by atoms with Crippen molar-refractivity contribution in [2.45, 2.75) is 76.5 Å². The highest BCUT2D eigenvalue weighted by atomic mass is 16.5. The second kappa shape index (κ2) is 6.06. The van der Waals surface area contributed by atoms with Gasteiger partial charge in [-0.1, -0.05) is 37.8 Å². The Morgan fingerprint density at radius 3 is 2.65 bits per heavy atom. The highest BCUT2D eigenvalue weighted by Gasteiger charge is 2.30. The van der Waals surface area contributed by atoms with Crippen molar-refractivity contribution >= 4 is 5.78 Å². The lowest BCUT2D eigenvalue weighted by Gasteiger charge is -2.23. The van der Waals surface area contributed by atoms with Gasteiger partial charge in [-0.05, 0) is 31.6 Å². The molecule has 2 aliphatic carbocycles. The van der Waals surface area contributed by atoms with Gasteiger partial charge < -0.3 is 4.52 Å². The first-order valence-corrected chi connectivity index (χ1v) is 8.10. The smallest absolute Gasteiger partial charge is 0.237 e. The second-order valence-electron chi connectivity index (χ2n) is 6.57. The van der Waals surface area contributed by atoms with Crippen molar-refractivity contribution in [3.8, 4) is 0 Å². The van der Waals surface area contributed by atoms with Gasteiger partial charge in [0.25, 0.3) is 0 Å². The fraction of sp³-hybridized carbons (Fsp3) is 0.812. The van der Waals surface area contributed by atoms with E-state index in [-0.39, 0.29) is 11.7 Å². The van der Waals surface area contributed by atoms with E-state index in [1.807, 2.05) is 0 Å². The lowest BCUT2D eigenvalue weighted by molar-refractivity contribution is -0.120. The van der Waals surface area contributed by atoms with Crippen LogP contribution in [0.15, 0.2) is 4.52 Å². The van der Waals surface area contributed by atoms with Crippen LogP contribution in [-0.4, -0.2) is 15.9 Å². The Kier molecular flexibility index (Phi) is 4.18. The number of rotatable bonds is 2. The van der Waals surface area contributed by atoms with E-state index in [4.69, 9.17) is 4.52 Å². The Morgan fingerprint density at radius 1 is 1.05 bits per heavy atom. The van der Waals surface area contributed by atoms with Crippen LogP contribution in [-0.2, 0) is 4.79 Å². The molecule has 1 unspecified atom stereocenters. The van der Waals surface area contributed by atoms with Crippen LogP contribution in [0.3, 0.4) is 0 Å². The van der Waals surface area contributed by atoms with Gasteiger partial charge in [0.05, 0.1) is 5.92 Å². The third-order valence-electron chi connectivity index (χ3n) is 4.94. The predicted molar refractivity (Wildman–Crippen MR) is 75.5 cm³/mol. The third-order valence-corrected chi connectivity index (χ3v) is 4.94. The minimum absolute atomic E-state index is 0.138. The van der Waals surface area contributed by atoms with Gasteiger partial charge in [0, 0.05) is 12.3 Å². The summed E-state index contributed by atoms with van der Waals surface area (Å²) in [6.45, 7) is 2.31. The summed E-state index contributed by atoms with van der Waals surface area (Å²) >= 11 is 0. The van der Waals surface area contributed by atoms with Crippen molar-refractivity contribution in [2.75, 3.05) is 0 Å². The minimum Gasteiger partial charge on any atom is -0.339 e. The fourth-order valence-corrected chi connectivity index (χ4v) is 3.49. The molecule has 110 valence electrons. The van der Waals surface area contributed by atoms with Crippen molar-refractivity contribution in [3.63, 3.8) is 0 Å². The van der Waals surface area contributed by atoms with Crippen LogP contribution in [0.4, 0.5) is 0 Å². The first-order valence-electron chi connectivity index (χ1n) is 8.10. The average molecular weight is 276 g/mol. The van der Waals surface area contributed by atoms with E-state index < -0.39 is 0 Å². The molecule has 0 saturated heterocycles. The lowest BCUT2D eigenvalue weighted by atomic mass is 9.83. The molecule has 0 N–H and O–H groups in total. The van der Waals surface area contributed by atoms with Crippen molar-refractivity contribution in [3.05, 3.63) is 11.7 Å². The quantitative estimate of drug-likeness (QED) is 0.767. The van der Waals surface area contributed by atoms with E-state index in [1.165, 1.54) is 12.8 Å². The molecule has 2 aliphatic rings. The highest BCUT2D eigenvalue weighted by Crippen LogP contribution is 2.35. The zero-order valence-electron chi connectivity index (χ0n) is 12.3.